The molecular weight excluding hydrogens is 853 g/mol. The molecule has 0 N–H and O–H groups in total. The molecule has 0 radical (unpaired) electrons. The molecule has 0 saturated heterocycles. The highest BCUT2D eigenvalue weighted by molar-refractivity contribution is 6.13. The molecule has 6 nitrogen and oxygen atoms in total. The van der Waals surface area contributed by atoms with Crippen LogP contribution in [0.2, 0.25) is 0 Å². The van der Waals surface area contributed by atoms with Gasteiger partial charge in [0.2, 0.25) is 0 Å². The fourth-order valence-corrected chi connectivity index (χ4v) is 10.1. The van der Waals surface area contributed by atoms with E-state index in [1.807, 2.05) is 72.8 Å². The molecule has 0 aliphatic carbocycles. The molecule has 0 fully saturated rings. The molecule has 0 aliphatic rings. The van der Waals surface area contributed by atoms with Crippen LogP contribution < -0.4 is 0 Å². The lowest BCUT2D eigenvalue weighted by atomic mass is 9.96. The Morgan fingerprint density at radius 1 is 0.286 bits per heavy atom. The van der Waals surface area contributed by atoms with E-state index >= 15 is 0 Å². The molecule has 10 aromatic carbocycles. The first kappa shape index (κ1) is 40.6. The summed E-state index contributed by atoms with van der Waals surface area (Å²) >= 11 is 0. The van der Waals surface area contributed by atoms with Crippen molar-refractivity contribution >= 4 is 43.6 Å². The van der Waals surface area contributed by atoms with Crippen LogP contribution in [0.15, 0.2) is 243 Å². The number of hydrogen-bond donors (Lipinski definition) is 0. The number of benzene rings is 10. The lowest BCUT2D eigenvalue weighted by molar-refractivity contribution is 1.07. The van der Waals surface area contributed by atoms with E-state index in [0.29, 0.717) is 23.0 Å². The molecule has 0 amide bonds. The van der Waals surface area contributed by atoms with Crippen LogP contribution >= 0.6 is 0 Å². The highest BCUT2D eigenvalue weighted by atomic mass is 15.0. The maximum absolute atomic E-state index is 10.7. The monoisotopic (exact) mass is 892 g/mol. The fraction of sp³-hybridized carbons (Fsp3) is 0. The Balaban J connectivity index is 1.11. The summed E-state index contributed by atoms with van der Waals surface area (Å²) in [6.45, 7) is 0. The van der Waals surface area contributed by atoms with Crippen LogP contribution in [-0.4, -0.2) is 24.1 Å². The van der Waals surface area contributed by atoms with Crippen molar-refractivity contribution in [2.75, 3.05) is 0 Å². The van der Waals surface area contributed by atoms with Crippen LogP contribution in [0.3, 0.4) is 0 Å². The van der Waals surface area contributed by atoms with Crippen molar-refractivity contribution in [1.29, 1.82) is 5.26 Å². The van der Waals surface area contributed by atoms with E-state index in [1.54, 1.807) is 0 Å². The number of hydrogen-bond acceptors (Lipinski definition) is 4. The van der Waals surface area contributed by atoms with Crippen molar-refractivity contribution in [1.82, 2.24) is 24.1 Å². The zero-order chi connectivity index (χ0) is 46.5. The van der Waals surface area contributed by atoms with Gasteiger partial charge in [-0.15, -0.1) is 0 Å². The first-order valence-corrected chi connectivity index (χ1v) is 23.4. The number of fused-ring (bicyclic) bond motifs is 6. The molecule has 13 rings (SSSR count). The highest BCUT2D eigenvalue weighted by Gasteiger charge is 2.23. The largest absolute Gasteiger partial charge is 0.309 e. The average molecular weight is 893 g/mol. The predicted molar refractivity (Wildman–Crippen MR) is 286 cm³/mol. The Hall–Kier alpha value is -9.70. The Labute approximate surface area is 404 Å². The standard InChI is InChI=1S/C64H40N6/c65-41-42-29-33-58(69-56-27-15-13-25-50(56)53-38-47(30-34-59(53)69)43-17-5-1-6-18-43)52(37-42)55-40-49(64-67-62(45-21-9-3-10-22-45)66-63(68-64)46-23-11-4-12-24-46)32-36-61(55)70-57-28-16-14-26-51(57)54-39-48(31-35-60(54)70)44-19-7-2-8-20-44/h1-40H. The van der Waals surface area contributed by atoms with Gasteiger partial charge in [0.1, 0.15) is 0 Å². The summed E-state index contributed by atoms with van der Waals surface area (Å²) in [6.07, 6.45) is 0. The van der Waals surface area contributed by atoms with E-state index < -0.39 is 0 Å². The minimum absolute atomic E-state index is 0.540. The molecule has 0 aliphatic heterocycles. The quantitative estimate of drug-likeness (QED) is 0.152. The lowest BCUT2D eigenvalue weighted by Crippen LogP contribution is -2.04. The van der Waals surface area contributed by atoms with E-state index in [0.717, 1.165) is 105 Å². The van der Waals surface area contributed by atoms with E-state index in [9.17, 15) is 5.26 Å². The van der Waals surface area contributed by atoms with E-state index in [2.05, 4.69) is 185 Å². The normalized spacial score (nSPS) is 11.4. The van der Waals surface area contributed by atoms with Gasteiger partial charge in [-0.3, -0.25) is 0 Å². The third kappa shape index (κ3) is 6.92. The van der Waals surface area contributed by atoms with Gasteiger partial charge in [0.15, 0.2) is 17.5 Å². The third-order valence-electron chi connectivity index (χ3n) is 13.4. The molecule has 326 valence electrons. The SMILES string of the molecule is N#Cc1ccc(-n2c3ccccc3c3cc(-c4ccccc4)ccc32)c(-c2cc(-c3nc(-c4ccccc4)nc(-c4ccccc4)n3)ccc2-n2c3ccccc3c3cc(-c4ccccc4)ccc32)c1. The second-order valence-corrected chi connectivity index (χ2v) is 17.5. The fourth-order valence-electron chi connectivity index (χ4n) is 10.1. The van der Waals surface area contributed by atoms with Crippen molar-refractivity contribution in [3.8, 4) is 85.0 Å². The molecule has 0 unspecified atom stereocenters. The van der Waals surface area contributed by atoms with Crippen LogP contribution in [0.25, 0.3) is 123 Å². The van der Waals surface area contributed by atoms with Gasteiger partial charge in [0, 0.05) is 49.4 Å². The van der Waals surface area contributed by atoms with Crippen LogP contribution in [0, 0.1) is 11.3 Å². The van der Waals surface area contributed by atoms with Crippen molar-refractivity contribution in [3.63, 3.8) is 0 Å². The van der Waals surface area contributed by atoms with E-state index in [4.69, 9.17) is 15.0 Å². The van der Waals surface area contributed by atoms with Crippen LogP contribution in [0.4, 0.5) is 0 Å². The third-order valence-corrected chi connectivity index (χ3v) is 13.4. The van der Waals surface area contributed by atoms with Gasteiger partial charge in [0.05, 0.1) is 45.1 Å². The topological polar surface area (TPSA) is 72.3 Å². The zero-order valence-electron chi connectivity index (χ0n) is 37.8. The number of para-hydroxylation sites is 2. The maximum atomic E-state index is 10.7. The molecule has 6 heteroatoms. The van der Waals surface area contributed by atoms with Crippen LogP contribution in [0.1, 0.15) is 5.56 Å². The Kier molecular flexibility index (Phi) is 9.78. The van der Waals surface area contributed by atoms with Crippen molar-refractivity contribution in [3.05, 3.63) is 248 Å². The number of nitrogens with zero attached hydrogens (tertiary/aromatic N) is 6. The summed E-state index contributed by atoms with van der Waals surface area (Å²) in [5, 5.41) is 15.3. The minimum Gasteiger partial charge on any atom is -0.309 e. The molecule has 13 aromatic rings. The van der Waals surface area contributed by atoms with Gasteiger partial charge >= 0.3 is 0 Å². The molecule has 70 heavy (non-hydrogen) atoms. The Morgan fingerprint density at radius 3 is 1.13 bits per heavy atom. The van der Waals surface area contributed by atoms with Gasteiger partial charge in [-0.2, -0.15) is 5.26 Å². The molecule has 3 heterocycles. The van der Waals surface area contributed by atoms with Crippen molar-refractivity contribution < 1.29 is 0 Å². The Bertz CT molecular complexity index is 4110. The summed E-state index contributed by atoms with van der Waals surface area (Å²) < 4.78 is 4.73. The molecule has 0 bridgehead atoms. The highest BCUT2D eigenvalue weighted by Crippen LogP contribution is 2.44. The van der Waals surface area contributed by atoms with Crippen molar-refractivity contribution in [2.45, 2.75) is 0 Å². The number of aromatic nitrogens is 5. The van der Waals surface area contributed by atoms with Crippen LogP contribution in [-0.2, 0) is 0 Å². The average Bonchev–Trinajstić information content (AvgIpc) is 3.95. The van der Waals surface area contributed by atoms with Gasteiger partial charge in [-0.05, 0) is 95.1 Å². The summed E-state index contributed by atoms with van der Waals surface area (Å²) in [4.78, 5) is 15.4. The zero-order valence-corrected chi connectivity index (χ0v) is 37.8. The summed E-state index contributed by atoms with van der Waals surface area (Å²) in [5.74, 6) is 1.71. The van der Waals surface area contributed by atoms with Gasteiger partial charge in [0.25, 0.3) is 0 Å². The van der Waals surface area contributed by atoms with Gasteiger partial charge in [-0.25, -0.2) is 15.0 Å². The minimum atomic E-state index is 0.540. The number of nitriles is 1. The first-order chi connectivity index (χ1) is 34.7. The van der Waals surface area contributed by atoms with E-state index in [-0.39, 0.29) is 0 Å². The van der Waals surface area contributed by atoms with Gasteiger partial charge < -0.3 is 9.13 Å². The van der Waals surface area contributed by atoms with Crippen LogP contribution in [0.5, 0.6) is 0 Å². The summed E-state index contributed by atoms with van der Waals surface area (Å²) in [7, 11) is 0. The van der Waals surface area contributed by atoms with E-state index in [1.165, 1.54) is 0 Å². The maximum Gasteiger partial charge on any atom is 0.164 e. The van der Waals surface area contributed by atoms with Gasteiger partial charge in [-0.1, -0.05) is 170 Å². The van der Waals surface area contributed by atoms with Crippen molar-refractivity contribution in [2.24, 2.45) is 0 Å². The molecule has 0 saturated carbocycles. The molecule has 3 aromatic heterocycles. The Morgan fingerprint density at radius 2 is 0.657 bits per heavy atom. The second kappa shape index (κ2) is 16.9. The molecular formula is C64H40N6. The molecule has 0 spiro atoms. The second-order valence-electron chi connectivity index (χ2n) is 17.5. The first-order valence-electron chi connectivity index (χ1n) is 23.4. The predicted octanol–water partition coefficient (Wildman–Crippen LogP) is 15.9. The summed E-state index contributed by atoms with van der Waals surface area (Å²) in [5.41, 5.74) is 15.7. The lowest BCUT2D eigenvalue weighted by Gasteiger charge is -2.20. The smallest absolute Gasteiger partial charge is 0.164 e. The number of rotatable bonds is 8. The molecule has 0 atom stereocenters. The summed E-state index contributed by atoms with van der Waals surface area (Å²) in [6, 6.07) is 87.0.